The van der Waals surface area contributed by atoms with Crippen molar-refractivity contribution in [2.45, 2.75) is 20.3 Å². The average Bonchev–Trinajstić information content (AvgIpc) is 1.95. The van der Waals surface area contributed by atoms with Crippen molar-refractivity contribution in [3.8, 4) is 0 Å². The minimum absolute atomic E-state index is 0.166. The monoisotopic (exact) mass is 206 g/mol. The molecule has 1 N–H and O–H groups in total. The first-order chi connectivity index (χ1) is 5.96. The highest BCUT2D eigenvalue weighted by Crippen LogP contribution is 2.33. The Morgan fingerprint density at radius 3 is 2.23 bits per heavy atom. The first-order valence-corrected chi connectivity index (χ1v) is 6.59. The quantitative estimate of drug-likeness (QED) is 0.736. The highest BCUT2D eigenvalue weighted by atomic mass is 32.2. The molecule has 0 aromatic carbocycles. The maximum atomic E-state index is 11.0. The van der Waals surface area contributed by atoms with Crippen LogP contribution in [-0.4, -0.2) is 31.6 Å². The van der Waals surface area contributed by atoms with Crippen molar-refractivity contribution in [3.63, 3.8) is 0 Å². The molecule has 1 heterocycles. The van der Waals surface area contributed by atoms with Gasteiger partial charge in [0.1, 0.15) is 0 Å². The van der Waals surface area contributed by atoms with Crippen molar-refractivity contribution in [2.75, 3.05) is 18.1 Å². The molecule has 1 fully saturated rings. The second-order valence-corrected chi connectivity index (χ2v) is 6.41. The molecule has 0 aliphatic carbocycles. The highest BCUT2D eigenvalue weighted by Gasteiger charge is 2.39. The molecule has 1 atom stereocenters. The smallest absolute Gasteiger partial charge is 0.150 e. The summed E-state index contributed by atoms with van der Waals surface area (Å²) in [6.07, 6.45) is 0.734. The van der Waals surface area contributed by atoms with E-state index in [9.17, 15) is 8.42 Å². The molecular formula is C9H18O3S. The van der Waals surface area contributed by atoms with Crippen LogP contribution in [0.3, 0.4) is 0 Å². The third kappa shape index (κ3) is 2.68. The number of sulfone groups is 1. The van der Waals surface area contributed by atoms with E-state index in [4.69, 9.17) is 5.11 Å². The Labute approximate surface area is 80.1 Å². The average molecular weight is 206 g/mol. The first kappa shape index (κ1) is 11.0. The minimum Gasteiger partial charge on any atom is -0.396 e. The summed E-state index contributed by atoms with van der Waals surface area (Å²) in [5, 5.41) is 8.83. The van der Waals surface area contributed by atoms with Crippen LogP contribution in [0.5, 0.6) is 0 Å². The van der Waals surface area contributed by atoms with Crippen molar-refractivity contribution >= 4 is 9.84 Å². The van der Waals surface area contributed by atoms with Crippen LogP contribution in [0.25, 0.3) is 0 Å². The third-order valence-electron chi connectivity index (χ3n) is 2.86. The van der Waals surface area contributed by atoms with Crippen LogP contribution in [0, 0.1) is 17.8 Å². The Morgan fingerprint density at radius 1 is 1.38 bits per heavy atom. The van der Waals surface area contributed by atoms with E-state index in [1.807, 2.05) is 0 Å². The standard InChI is InChI=1S/C9H18O3S/c1-7(2)9(3-4-10)8-5-13(11,12)6-8/h7-10H,3-6H2,1-2H3. The Hall–Kier alpha value is -0.0900. The number of rotatable bonds is 4. The summed E-state index contributed by atoms with van der Waals surface area (Å²) >= 11 is 0. The molecule has 3 nitrogen and oxygen atoms in total. The van der Waals surface area contributed by atoms with Gasteiger partial charge in [0.25, 0.3) is 0 Å². The summed E-state index contributed by atoms with van der Waals surface area (Å²) in [7, 11) is -2.71. The Balaban J connectivity index is 2.49. The fourth-order valence-electron chi connectivity index (χ4n) is 2.11. The second-order valence-electron chi connectivity index (χ2n) is 4.26. The Bertz CT molecular complexity index is 244. The molecule has 0 aromatic heterocycles. The lowest BCUT2D eigenvalue weighted by Crippen LogP contribution is -2.43. The lowest BCUT2D eigenvalue weighted by molar-refractivity contribution is 0.190. The van der Waals surface area contributed by atoms with Crippen molar-refractivity contribution in [2.24, 2.45) is 17.8 Å². The van der Waals surface area contributed by atoms with E-state index in [0.29, 0.717) is 23.3 Å². The molecule has 0 amide bonds. The molecule has 1 aliphatic rings. The number of hydrogen-bond donors (Lipinski definition) is 1. The van der Waals surface area contributed by atoms with Gasteiger partial charge in [-0.3, -0.25) is 0 Å². The molecule has 13 heavy (non-hydrogen) atoms. The SMILES string of the molecule is CC(C)C(CCO)C1CS(=O)(=O)C1. The fourth-order valence-corrected chi connectivity index (χ4v) is 3.81. The van der Waals surface area contributed by atoms with Gasteiger partial charge >= 0.3 is 0 Å². The number of aliphatic hydroxyl groups excluding tert-OH is 1. The molecule has 1 rings (SSSR count). The van der Waals surface area contributed by atoms with Crippen LogP contribution >= 0.6 is 0 Å². The predicted octanol–water partition coefficient (Wildman–Crippen LogP) is 0.686. The van der Waals surface area contributed by atoms with Gasteiger partial charge in [0, 0.05) is 6.61 Å². The van der Waals surface area contributed by atoms with Gasteiger partial charge in [-0.1, -0.05) is 13.8 Å². The molecule has 4 heteroatoms. The van der Waals surface area contributed by atoms with Gasteiger partial charge in [-0.25, -0.2) is 8.42 Å². The normalized spacial score (nSPS) is 24.3. The summed E-state index contributed by atoms with van der Waals surface area (Å²) in [6, 6.07) is 0. The number of hydrogen-bond acceptors (Lipinski definition) is 3. The van der Waals surface area contributed by atoms with Crippen molar-refractivity contribution in [1.29, 1.82) is 0 Å². The van der Waals surface area contributed by atoms with Gasteiger partial charge in [-0.15, -0.1) is 0 Å². The van der Waals surface area contributed by atoms with E-state index in [1.165, 1.54) is 0 Å². The van der Waals surface area contributed by atoms with E-state index in [1.54, 1.807) is 0 Å². The molecule has 1 unspecified atom stereocenters. The lowest BCUT2D eigenvalue weighted by atomic mass is 9.83. The summed E-state index contributed by atoms with van der Waals surface area (Å²) in [4.78, 5) is 0. The van der Waals surface area contributed by atoms with Crippen LogP contribution < -0.4 is 0 Å². The van der Waals surface area contributed by atoms with E-state index in [-0.39, 0.29) is 12.5 Å². The largest absolute Gasteiger partial charge is 0.396 e. The fraction of sp³-hybridized carbons (Fsp3) is 1.00. The minimum atomic E-state index is -2.71. The topological polar surface area (TPSA) is 54.4 Å². The van der Waals surface area contributed by atoms with E-state index in [2.05, 4.69) is 13.8 Å². The molecule has 0 bridgehead atoms. The van der Waals surface area contributed by atoms with Gasteiger partial charge in [0.2, 0.25) is 0 Å². The van der Waals surface area contributed by atoms with E-state index in [0.717, 1.165) is 6.42 Å². The van der Waals surface area contributed by atoms with Crippen molar-refractivity contribution in [1.82, 2.24) is 0 Å². The maximum Gasteiger partial charge on any atom is 0.150 e. The van der Waals surface area contributed by atoms with Gasteiger partial charge < -0.3 is 5.11 Å². The zero-order chi connectivity index (χ0) is 10.1. The van der Waals surface area contributed by atoms with Gasteiger partial charge in [0.15, 0.2) is 9.84 Å². The summed E-state index contributed by atoms with van der Waals surface area (Å²) in [5.74, 6) is 1.78. The van der Waals surface area contributed by atoms with Crippen molar-refractivity contribution < 1.29 is 13.5 Å². The first-order valence-electron chi connectivity index (χ1n) is 4.77. The number of aliphatic hydroxyl groups is 1. The summed E-state index contributed by atoms with van der Waals surface area (Å²) < 4.78 is 21.9. The molecular weight excluding hydrogens is 188 g/mol. The maximum absolute atomic E-state index is 11.0. The van der Waals surface area contributed by atoms with Gasteiger partial charge in [-0.2, -0.15) is 0 Å². The van der Waals surface area contributed by atoms with Crippen molar-refractivity contribution in [3.05, 3.63) is 0 Å². The predicted molar refractivity (Wildman–Crippen MR) is 52.2 cm³/mol. The molecule has 0 saturated carbocycles. The third-order valence-corrected chi connectivity index (χ3v) is 4.73. The van der Waals surface area contributed by atoms with E-state index >= 15 is 0 Å². The zero-order valence-electron chi connectivity index (χ0n) is 8.23. The van der Waals surface area contributed by atoms with Gasteiger partial charge in [0.05, 0.1) is 11.5 Å². The van der Waals surface area contributed by atoms with Crippen LogP contribution in [0.2, 0.25) is 0 Å². The van der Waals surface area contributed by atoms with Crippen LogP contribution in [0.4, 0.5) is 0 Å². The molecule has 0 radical (unpaired) electrons. The lowest BCUT2D eigenvalue weighted by Gasteiger charge is -2.35. The molecule has 0 aromatic rings. The van der Waals surface area contributed by atoms with Gasteiger partial charge in [-0.05, 0) is 24.2 Å². The van der Waals surface area contributed by atoms with Crippen LogP contribution in [0.15, 0.2) is 0 Å². The van der Waals surface area contributed by atoms with E-state index < -0.39 is 9.84 Å². The van der Waals surface area contributed by atoms with Crippen LogP contribution in [0.1, 0.15) is 20.3 Å². The molecule has 1 saturated heterocycles. The Kier molecular flexibility index (Phi) is 3.35. The second kappa shape index (κ2) is 3.96. The molecule has 78 valence electrons. The molecule has 0 spiro atoms. The summed E-state index contributed by atoms with van der Waals surface area (Å²) in [6.45, 7) is 4.34. The highest BCUT2D eigenvalue weighted by molar-refractivity contribution is 7.92. The summed E-state index contributed by atoms with van der Waals surface area (Å²) in [5.41, 5.74) is 0. The zero-order valence-corrected chi connectivity index (χ0v) is 9.05. The Morgan fingerprint density at radius 2 is 1.92 bits per heavy atom. The van der Waals surface area contributed by atoms with Crippen LogP contribution in [-0.2, 0) is 9.84 Å². The molecule has 1 aliphatic heterocycles.